The average molecular weight is 336 g/mol. The van der Waals surface area contributed by atoms with E-state index in [0.717, 1.165) is 30.5 Å². The van der Waals surface area contributed by atoms with Gasteiger partial charge >= 0.3 is 0 Å². The average Bonchev–Trinajstić information content (AvgIpc) is 2.90. The van der Waals surface area contributed by atoms with Crippen LogP contribution in [0.5, 0.6) is 0 Å². The SMILES string of the molecule is Cc1cc(C)c(C(=O)NCCCN2c3ccccc3C[C@H]2C)cc1C. The number of nitrogens with zero attached hydrogens (tertiary/aromatic N) is 1. The van der Waals surface area contributed by atoms with Gasteiger partial charge in [-0.2, -0.15) is 0 Å². The van der Waals surface area contributed by atoms with Crippen LogP contribution in [-0.4, -0.2) is 25.0 Å². The van der Waals surface area contributed by atoms with Gasteiger partial charge in [0, 0.05) is 30.4 Å². The topological polar surface area (TPSA) is 32.3 Å². The van der Waals surface area contributed by atoms with Crippen LogP contribution in [0.25, 0.3) is 0 Å². The van der Waals surface area contributed by atoms with Crippen molar-refractivity contribution in [3.63, 3.8) is 0 Å². The maximum atomic E-state index is 12.5. The van der Waals surface area contributed by atoms with Crippen molar-refractivity contribution >= 4 is 11.6 Å². The van der Waals surface area contributed by atoms with Crippen LogP contribution in [0.15, 0.2) is 36.4 Å². The summed E-state index contributed by atoms with van der Waals surface area (Å²) < 4.78 is 0. The molecule has 3 rings (SSSR count). The number of fused-ring (bicyclic) bond motifs is 1. The number of anilines is 1. The first-order valence-electron chi connectivity index (χ1n) is 9.18. The lowest BCUT2D eigenvalue weighted by atomic mass is 10.0. The minimum Gasteiger partial charge on any atom is -0.368 e. The fourth-order valence-electron chi connectivity index (χ4n) is 3.72. The number of hydrogen-bond donors (Lipinski definition) is 1. The first-order valence-corrected chi connectivity index (χ1v) is 9.18. The van der Waals surface area contributed by atoms with Gasteiger partial charge in [0.1, 0.15) is 0 Å². The Hall–Kier alpha value is -2.29. The smallest absolute Gasteiger partial charge is 0.251 e. The van der Waals surface area contributed by atoms with Crippen molar-refractivity contribution in [2.75, 3.05) is 18.0 Å². The van der Waals surface area contributed by atoms with Gasteiger partial charge in [0.05, 0.1) is 0 Å². The van der Waals surface area contributed by atoms with Crippen molar-refractivity contribution in [1.82, 2.24) is 5.32 Å². The van der Waals surface area contributed by atoms with E-state index < -0.39 is 0 Å². The second kappa shape index (κ2) is 7.30. The first kappa shape index (κ1) is 17.5. The molecule has 0 spiro atoms. The van der Waals surface area contributed by atoms with Gasteiger partial charge in [-0.25, -0.2) is 0 Å². The third kappa shape index (κ3) is 3.71. The Morgan fingerprint density at radius 3 is 2.64 bits per heavy atom. The lowest BCUT2D eigenvalue weighted by Crippen LogP contribution is -2.33. The summed E-state index contributed by atoms with van der Waals surface area (Å²) in [6, 6.07) is 13.3. The molecule has 0 aromatic heterocycles. The van der Waals surface area contributed by atoms with E-state index in [-0.39, 0.29) is 5.91 Å². The fourth-order valence-corrected chi connectivity index (χ4v) is 3.72. The monoisotopic (exact) mass is 336 g/mol. The number of rotatable bonds is 5. The van der Waals surface area contributed by atoms with E-state index in [2.05, 4.69) is 61.3 Å². The van der Waals surface area contributed by atoms with Crippen LogP contribution in [0.3, 0.4) is 0 Å². The van der Waals surface area contributed by atoms with E-state index >= 15 is 0 Å². The van der Waals surface area contributed by atoms with Crippen LogP contribution in [-0.2, 0) is 6.42 Å². The molecule has 0 aliphatic carbocycles. The molecule has 1 N–H and O–H groups in total. The first-order chi connectivity index (χ1) is 12.0. The van der Waals surface area contributed by atoms with E-state index in [1.54, 1.807) is 0 Å². The van der Waals surface area contributed by atoms with Crippen molar-refractivity contribution < 1.29 is 4.79 Å². The Morgan fingerprint density at radius 1 is 1.12 bits per heavy atom. The summed E-state index contributed by atoms with van der Waals surface area (Å²) in [5.74, 6) is 0.0375. The molecule has 0 bridgehead atoms. The standard InChI is InChI=1S/C22H28N2O/c1-15-12-17(3)20(13-16(15)2)22(25)23-10-7-11-24-18(4)14-19-8-5-6-9-21(19)24/h5-6,8-9,12-13,18H,7,10-11,14H2,1-4H3,(H,23,25)/t18-/m1/s1. The summed E-state index contributed by atoms with van der Waals surface area (Å²) in [7, 11) is 0. The molecule has 132 valence electrons. The van der Waals surface area contributed by atoms with Gasteiger partial charge in [-0.3, -0.25) is 4.79 Å². The van der Waals surface area contributed by atoms with Gasteiger partial charge in [0.15, 0.2) is 0 Å². The van der Waals surface area contributed by atoms with Crippen molar-refractivity contribution in [1.29, 1.82) is 0 Å². The lowest BCUT2D eigenvalue weighted by molar-refractivity contribution is 0.0952. The van der Waals surface area contributed by atoms with Gasteiger partial charge in [-0.05, 0) is 74.9 Å². The Bertz CT molecular complexity index is 782. The molecule has 3 nitrogen and oxygen atoms in total. The van der Waals surface area contributed by atoms with Gasteiger partial charge in [0.25, 0.3) is 5.91 Å². The Labute approximate surface area is 151 Å². The largest absolute Gasteiger partial charge is 0.368 e. The molecule has 2 aromatic rings. The quantitative estimate of drug-likeness (QED) is 0.831. The summed E-state index contributed by atoms with van der Waals surface area (Å²) in [5.41, 5.74) is 7.02. The molecule has 1 aliphatic heterocycles. The summed E-state index contributed by atoms with van der Waals surface area (Å²) >= 11 is 0. The highest BCUT2D eigenvalue weighted by molar-refractivity contribution is 5.95. The minimum atomic E-state index is 0.0375. The highest BCUT2D eigenvalue weighted by Crippen LogP contribution is 2.31. The maximum Gasteiger partial charge on any atom is 0.251 e. The Morgan fingerprint density at radius 2 is 1.84 bits per heavy atom. The molecule has 25 heavy (non-hydrogen) atoms. The Balaban J connectivity index is 1.54. The summed E-state index contributed by atoms with van der Waals surface area (Å²) in [5, 5.41) is 3.08. The summed E-state index contributed by atoms with van der Waals surface area (Å²) in [6.45, 7) is 10.1. The van der Waals surface area contributed by atoms with Gasteiger partial charge < -0.3 is 10.2 Å². The molecule has 3 heteroatoms. The predicted molar refractivity (Wildman–Crippen MR) is 105 cm³/mol. The van der Waals surface area contributed by atoms with Crippen LogP contribution in [0.2, 0.25) is 0 Å². The van der Waals surface area contributed by atoms with Crippen LogP contribution in [0.1, 0.15) is 46.0 Å². The van der Waals surface area contributed by atoms with E-state index in [1.807, 2.05) is 13.0 Å². The molecule has 0 unspecified atom stereocenters. The van der Waals surface area contributed by atoms with Crippen molar-refractivity contribution in [2.24, 2.45) is 0 Å². The predicted octanol–water partition coefficient (Wildman–Crippen LogP) is 4.18. The number of benzene rings is 2. The molecule has 0 saturated heterocycles. The number of aryl methyl sites for hydroxylation is 3. The molecular formula is C22H28N2O. The number of para-hydroxylation sites is 1. The molecule has 0 radical (unpaired) electrons. The Kier molecular flexibility index (Phi) is 5.12. The second-order valence-electron chi connectivity index (χ2n) is 7.24. The summed E-state index contributed by atoms with van der Waals surface area (Å²) in [6.07, 6.45) is 2.07. The molecule has 0 saturated carbocycles. The van der Waals surface area contributed by atoms with E-state index in [0.29, 0.717) is 12.6 Å². The lowest BCUT2D eigenvalue weighted by Gasteiger charge is -2.25. The molecule has 1 atom stereocenters. The summed E-state index contributed by atoms with van der Waals surface area (Å²) in [4.78, 5) is 14.9. The number of amides is 1. The van der Waals surface area contributed by atoms with Gasteiger partial charge in [-0.1, -0.05) is 24.3 Å². The van der Waals surface area contributed by atoms with E-state index in [4.69, 9.17) is 0 Å². The van der Waals surface area contributed by atoms with Gasteiger partial charge in [0.2, 0.25) is 0 Å². The number of carbonyl (C=O) groups is 1. The highest BCUT2D eigenvalue weighted by atomic mass is 16.1. The number of hydrogen-bond acceptors (Lipinski definition) is 2. The van der Waals surface area contributed by atoms with Crippen LogP contribution < -0.4 is 10.2 Å². The van der Waals surface area contributed by atoms with Crippen molar-refractivity contribution in [2.45, 2.75) is 46.6 Å². The fraction of sp³-hybridized carbons (Fsp3) is 0.409. The van der Waals surface area contributed by atoms with E-state index in [9.17, 15) is 4.79 Å². The zero-order valence-electron chi connectivity index (χ0n) is 15.7. The number of nitrogens with one attached hydrogen (secondary N) is 1. The van der Waals surface area contributed by atoms with Crippen LogP contribution in [0, 0.1) is 20.8 Å². The molecule has 1 amide bonds. The minimum absolute atomic E-state index is 0.0375. The zero-order valence-corrected chi connectivity index (χ0v) is 15.7. The van der Waals surface area contributed by atoms with Gasteiger partial charge in [-0.15, -0.1) is 0 Å². The van der Waals surface area contributed by atoms with Crippen molar-refractivity contribution in [3.05, 3.63) is 64.2 Å². The number of carbonyl (C=O) groups excluding carboxylic acids is 1. The molecule has 1 aliphatic rings. The normalized spacial score (nSPS) is 16.0. The van der Waals surface area contributed by atoms with Crippen LogP contribution in [0.4, 0.5) is 5.69 Å². The third-order valence-electron chi connectivity index (χ3n) is 5.30. The van der Waals surface area contributed by atoms with Crippen molar-refractivity contribution in [3.8, 4) is 0 Å². The maximum absolute atomic E-state index is 12.5. The molecule has 1 heterocycles. The van der Waals surface area contributed by atoms with Crippen LogP contribution >= 0.6 is 0 Å². The molecule has 2 aromatic carbocycles. The highest BCUT2D eigenvalue weighted by Gasteiger charge is 2.24. The zero-order chi connectivity index (χ0) is 18.0. The second-order valence-corrected chi connectivity index (χ2v) is 7.24. The molecular weight excluding hydrogens is 308 g/mol. The third-order valence-corrected chi connectivity index (χ3v) is 5.30. The van der Waals surface area contributed by atoms with E-state index in [1.165, 1.54) is 22.4 Å². The molecule has 0 fully saturated rings.